The Balaban J connectivity index is 1.98. The van der Waals surface area contributed by atoms with Gasteiger partial charge in [-0.15, -0.1) is 0 Å². The minimum Gasteiger partial charge on any atom is -0.377 e. The number of nitrogens with zero attached hydrogens (tertiary/aromatic N) is 2. The maximum Gasteiger partial charge on any atom is 0.0709 e. The number of nitrogens with two attached hydrogens (primary N) is 1. The molecule has 2 N–H and O–H groups in total. The summed E-state index contributed by atoms with van der Waals surface area (Å²) in [4.78, 5) is 4.99. The highest BCUT2D eigenvalue weighted by Gasteiger charge is 2.26. The van der Waals surface area contributed by atoms with Crippen molar-refractivity contribution in [2.75, 3.05) is 46.4 Å². The summed E-state index contributed by atoms with van der Waals surface area (Å²) >= 11 is 0. The molecule has 0 aliphatic carbocycles. The summed E-state index contributed by atoms with van der Waals surface area (Å²) in [6, 6.07) is 11.3. The fraction of sp³-hybridized carbons (Fsp3) is 0.647. The number of hydrogen-bond acceptors (Lipinski definition) is 4. The van der Waals surface area contributed by atoms with E-state index in [9.17, 15) is 0 Å². The van der Waals surface area contributed by atoms with E-state index < -0.39 is 0 Å². The van der Waals surface area contributed by atoms with Crippen molar-refractivity contribution in [3.8, 4) is 0 Å². The zero-order valence-corrected chi connectivity index (χ0v) is 13.4. The molecule has 0 bridgehead atoms. The van der Waals surface area contributed by atoms with Crippen LogP contribution in [0.15, 0.2) is 30.3 Å². The lowest BCUT2D eigenvalue weighted by molar-refractivity contribution is 0.0352. The first-order valence-corrected chi connectivity index (χ1v) is 8.03. The van der Waals surface area contributed by atoms with Crippen LogP contribution in [0.4, 0.5) is 0 Å². The van der Waals surface area contributed by atoms with E-state index >= 15 is 0 Å². The van der Waals surface area contributed by atoms with Gasteiger partial charge in [0.25, 0.3) is 0 Å². The van der Waals surface area contributed by atoms with Crippen LogP contribution in [0, 0.1) is 0 Å². The lowest BCUT2D eigenvalue weighted by atomic mass is 10.0. The lowest BCUT2D eigenvalue weighted by Crippen LogP contribution is -2.47. The summed E-state index contributed by atoms with van der Waals surface area (Å²) in [6.45, 7) is 7.77. The Labute approximate surface area is 128 Å². The Morgan fingerprint density at radius 1 is 1.29 bits per heavy atom. The molecule has 1 fully saturated rings. The number of hydrogen-bond donors (Lipinski definition) is 1. The molecule has 1 heterocycles. The summed E-state index contributed by atoms with van der Waals surface area (Å²) < 4.78 is 5.68. The van der Waals surface area contributed by atoms with Gasteiger partial charge in [0.1, 0.15) is 0 Å². The van der Waals surface area contributed by atoms with E-state index in [2.05, 4.69) is 47.2 Å². The highest BCUT2D eigenvalue weighted by molar-refractivity contribution is 5.20. The van der Waals surface area contributed by atoms with Gasteiger partial charge >= 0.3 is 0 Å². The van der Waals surface area contributed by atoms with Crippen LogP contribution in [0.25, 0.3) is 0 Å². The van der Waals surface area contributed by atoms with Crippen LogP contribution < -0.4 is 5.73 Å². The van der Waals surface area contributed by atoms with Crippen LogP contribution in [0.1, 0.15) is 24.9 Å². The number of rotatable bonds is 7. The van der Waals surface area contributed by atoms with Crippen molar-refractivity contribution < 1.29 is 4.74 Å². The van der Waals surface area contributed by atoms with Crippen LogP contribution in [-0.4, -0.2) is 62.3 Å². The molecule has 4 nitrogen and oxygen atoms in total. The largest absolute Gasteiger partial charge is 0.377 e. The summed E-state index contributed by atoms with van der Waals surface area (Å²) in [5, 5.41) is 0. The Morgan fingerprint density at radius 3 is 2.71 bits per heavy atom. The highest BCUT2D eigenvalue weighted by atomic mass is 16.5. The first-order valence-electron chi connectivity index (χ1n) is 8.03. The molecule has 2 unspecified atom stereocenters. The zero-order chi connectivity index (χ0) is 15.1. The van der Waals surface area contributed by atoms with Gasteiger partial charge in [0, 0.05) is 45.4 Å². The standard InChI is InChI=1S/C17H29N3O/c1-3-21-16(13-18)9-10-20-12-11-19(2)14-17(20)15-7-5-4-6-8-15/h4-8,16-17H,3,9-14,18H2,1-2H3. The van der Waals surface area contributed by atoms with Crippen molar-refractivity contribution in [2.24, 2.45) is 5.73 Å². The molecule has 1 aromatic rings. The molecule has 0 amide bonds. The van der Waals surface area contributed by atoms with E-state index in [0.717, 1.165) is 39.2 Å². The van der Waals surface area contributed by atoms with Gasteiger partial charge in [0.2, 0.25) is 0 Å². The molecule has 1 aromatic carbocycles. The Kier molecular flexibility index (Phi) is 6.64. The summed E-state index contributed by atoms with van der Waals surface area (Å²) in [7, 11) is 2.20. The first kappa shape index (κ1) is 16.4. The Hall–Kier alpha value is -0.940. The number of piperazine rings is 1. The second-order valence-corrected chi connectivity index (χ2v) is 5.83. The van der Waals surface area contributed by atoms with Crippen molar-refractivity contribution in [3.63, 3.8) is 0 Å². The summed E-state index contributed by atoms with van der Waals surface area (Å²) in [6.07, 6.45) is 1.20. The van der Waals surface area contributed by atoms with Crippen LogP contribution in [0.3, 0.4) is 0 Å². The van der Waals surface area contributed by atoms with Crippen molar-refractivity contribution in [1.29, 1.82) is 0 Å². The molecular weight excluding hydrogens is 262 g/mol. The van der Waals surface area contributed by atoms with E-state index in [4.69, 9.17) is 10.5 Å². The van der Waals surface area contributed by atoms with E-state index in [1.807, 2.05) is 6.92 Å². The Bertz CT molecular complexity index is 398. The topological polar surface area (TPSA) is 41.7 Å². The minimum absolute atomic E-state index is 0.186. The van der Waals surface area contributed by atoms with Gasteiger partial charge in [0.05, 0.1) is 6.10 Å². The average Bonchev–Trinajstić information content (AvgIpc) is 2.53. The molecule has 1 aliphatic rings. The summed E-state index contributed by atoms with van der Waals surface area (Å²) in [5.41, 5.74) is 7.20. The van der Waals surface area contributed by atoms with E-state index in [-0.39, 0.29) is 6.10 Å². The number of ether oxygens (including phenoxy) is 1. The van der Waals surface area contributed by atoms with Gasteiger partial charge in [-0.3, -0.25) is 4.90 Å². The third kappa shape index (κ3) is 4.78. The molecule has 118 valence electrons. The lowest BCUT2D eigenvalue weighted by Gasteiger charge is -2.40. The second kappa shape index (κ2) is 8.49. The third-order valence-electron chi connectivity index (χ3n) is 4.28. The molecule has 4 heteroatoms. The number of likely N-dealkylation sites (N-methyl/N-ethyl adjacent to an activating group) is 1. The van der Waals surface area contributed by atoms with Gasteiger partial charge in [0.15, 0.2) is 0 Å². The van der Waals surface area contributed by atoms with Gasteiger partial charge in [-0.05, 0) is 26.0 Å². The van der Waals surface area contributed by atoms with Crippen LogP contribution in [-0.2, 0) is 4.74 Å². The molecule has 0 radical (unpaired) electrons. The Morgan fingerprint density at radius 2 is 2.05 bits per heavy atom. The average molecular weight is 291 g/mol. The molecule has 21 heavy (non-hydrogen) atoms. The normalized spacial score (nSPS) is 22.3. The SMILES string of the molecule is CCOC(CN)CCN1CCN(C)CC1c1ccccc1. The zero-order valence-electron chi connectivity index (χ0n) is 13.4. The molecule has 2 rings (SSSR count). The van der Waals surface area contributed by atoms with E-state index in [1.165, 1.54) is 5.56 Å². The quantitative estimate of drug-likeness (QED) is 0.831. The van der Waals surface area contributed by atoms with E-state index in [0.29, 0.717) is 12.6 Å². The molecule has 0 spiro atoms. The van der Waals surface area contributed by atoms with Gasteiger partial charge in [-0.2, -0.15) is 0 Å². The van der Waals surface area contributed by atoms with Gasteiger partial charge in [-0.1, -0.05) is 30.3 Å². The molecule has 0 saturated carbocycles. The van der Waals surface area contributed by atoms with Crippen molar-refractivity contribution in [1.82, 2.24) is 9.80 Å². The van der Waals surface area contributed by atoms with Crippen molar-refractivity contribution >= 4 is 0 Å². The molecule has 0 aromatic heterocycles. The number of benzene rings is 1. The molecule has 1 saturated heterocycles. The maximum atomic E-state index is 5.79. The maximum absolute atomic E-state index is 5.79. The van der Waals surface area contributed by atoms with E-state index in [1.54, 1.807) is 0 Å². The fourth-order valence-electron chi connectivity index (χ4n) is 3.03. The van der Waals surface area contributed by atoms with Crippen molar-refractivity contribution in [2.45, 2.75) is 25.5 Å². The monoisotopic (exact) mass is 291 g/mol. The van der Waals surface area contributed by atoms with Crippen LogP contribution >= 0.6 is 0 Å². The van der Waals surface area contributed by atoms with Crippen molar-refractivity contribution in [3.05, 3.63) is 35.9 Å². The smallest absolute Gasteiger partial charge is 0.0709 e. The predicted molar refractivity (Wildman–Crippen MR) is 87.3 cm³/mol. The molecular formula is C17H29N3O. The first-order chi connectivity index (χ1) is 10.2. The van der Waals surface area contributed by atoms with Gasteiger partial charge < -0.3 is 15.4 Å². The van der Waals surface area contributed by atoms with Crippen LogP contribution in [0.5, 0.6) is 0 Å². The summed E-state index contributed by atoms with van der Waals surface area (Å²) in [5.74, 6) is 0. The van der Waals surface area contributed by atoms with Crippen LogP contribution in [0.2, 0.25) is 0 Å². The second-order valence-electron chi connectivity index (χ2n) is 5.83. The van der Waals surface area contributed by atoms with Gasteiger partial charge in [-0.25, -0.2) is 0 Å². The fourth-order valence-corrected chi connectivity index (χ4v) is 3.03. The third-order valence-corrected chi connectivity index (χ3v) is 4.28. The minimum atomic E-state index is 0.186. The molecule has 2 atom stereocenters. The predicted octanol–water partition coefficient (Wildman–Crippen LogP) is 1.73. The highest BCUT2D eigenvalue weighted by Crippen LogP contribution is 2.25. The molecule has 1 aliphatic heterocycles.